The quantitative estimate of drug-likeness (QED) is 0.838. The van der Waals surface area contributed by atoms with Crippen molar-refractivity contribution < 1.29 is 14.3 Å². The molecule has 6 heteroatoms. The maximum atomic E-state index is 13.8. The average molecular weight is 339 g/mol. The molecular formula is C14H12BrFN2O2. The van der Waals surface area contributed by atoms with Crippen LogP contribution in [0.5, 0.6) is 0 Å². The first kappa shape index (κ1) is 14.3. The zero-order chi connectivity index (χ0) is 14.9. The van der Waals surface area contributed by atoms with Crippen molar-refractivity contribution in [3.8, 4) is 0 Å². The highest BCUT2D eigenvalue weighted by molar-refractivity contribution is 9.10. The summed E-state index contributed by atoms with van der Waals surface area (Å²) >= 11 is 3.28. The molecular weight excluding hydrogens is 327 g/mol. The number of halogens is 2. The zero-order valence-electron chi connectivity index (χ0n) is 10.6. The molecule has 0 amide bonds. The highest BCUT2D eigenvalue weighted by Crippen LogP contribution is 2.32. The van der Waals surface area contributed by atoms with E-state index in [0.717, 1.165) is 4.47 Å². The van der Waals surface area contributed by atoms with Gasteiger partial charge in [0.15, 0.2) is 0 Å². The maximum Gasteiger partial charge on any atom is 0.335 e. The van der Waals surface area contributed by atoms with Gasteiger partial charge in [0.1, 0.15) is 5.82 Å². The summed E-state index contributed by atoms with van der Waals surface area (Å²) in [6.07, 6.45) is 0. The summed E-state index contributed by atoms with van der Waals surface area (Å²) in [6, 6.07) is 8.91. The number of anilines is 3. The number of nitrogens with zero attached hydrogens (tertiary/aromatic N) is 1. The molecule has 0 aromatic heterocycles. The van der Waals surface area contributed by atoms with Crippen molar-refractivity contribution in [2.75, 3.05) is 17.7 Å². The van der Waals surface area contributed by atoms with Gasteiger partial charge in [-0.1, -0.05) is 15.9 Å². The highest BCUT2D eigenvalue weighted by Gasteiger charge is 2.14. The molecule has 0 unspecified atom stereocenters. The van der Waals surface area contributed by atoms with Crippen molar-refractivity contribution in [2.45, 2.75) is 0 Å². The fourth-order valence-electron chi connectivity index (χ4n) is 1.87. The number of hydrogen-bond donors (Lipinski definition) is 2. The topological polar surface area (TPSA) is 66.6 Å². The minimum atomic E-state index is -1.06. The van der Waals surface area contributed by atoms with Crippen LogP contribution in [0, 0.1) is 5.82 Å². The third-order valence-electron chi connectivity index (χ3n) is 2.91. The standard InChI is InChI=1S/C14H12BrFN2O2/c1-18(13-7-9(15)3-4-10(13)16)12-5-2-8(14(19)20)6-11(12)17/h2-7H,17H2,1H3,(H,19,20). The van der Waals surface area contributed by atoms with Crippen molar-refractivity contribution in [3.63, 3.8) is 0 Å². The SMILES string of the molecule is CN(c1ccc(C(=O)O)cc1N)c1cc(Br)ccc1F. The molecule has 0 spiro atoms. The van der Waals surface area contributed by atoms with E-state index in [9.17, 15) is 9.18 Å². The Labute approximate surface area is 123 Å². The van der Waals surface area contributed by atoms with Crippen LogP contribution >= 0.6 is 15.9 Å². The van der Waals surface area contributed by atoms with Gasteiger partial charge in [-0.15, -0.1) is 0 Å². The Bertz CT molecular complexity index is 676. The van der Waals surface area contributed by atoms with E-state index in [1.807, 2.05) is 0 Å². The van der Waals surface area contributed by atoms with Crippen LogP contribution in [0.3, 0.4) is 0 Å². The second kappa shape index (κ2) is 5.50. The minimum Gasteiger partial charge on any atom is -0.478 e. The second-order valence-electron chi connectivity index (χ2n) is 4.23. The molecule has 4 nitrogen and oxygen atoms in total. The van der Waals surface area contributed by atoms with Crippen LogP contribution < -0.4 is 10.6 Å². The number of aromatic carboxylic acids is 1. The van der Waals surface area contributed by atoms with Gasteiger partial charge in [-0.05, 0) is 36.4 Å². The van der Waals surface area contributed by atoms with E-state index in [-0.39, 0.29) is 11.3 Å². The van der Waals surface area contributed by atoms with E-state index in [4.69, 9.17) is 10.8 Å². The molecule has 0 aliphatic rings. The van der Waals surface area contributed by atoms with Crippen LogP contribution in [0.2, 0.25) is 0 Å². The van der Waals surface area contributed by atoms with E-state index < -0.39 is 11.8 Å². The Morgan fingerprint density at radius 2 is 1.95 bits per heavy atom. The average Bonchev–Trinajstić information content (AvgIpc) is 2.40. The van der Waals surface area contributed by atoms with E-state index in [1.54, 1.807) is 30.1 Å². The van der Waals surface area contributed by atoms with Crippen molar-refractivity contribution in [2.24, 2.45) is 0 Å². The molecule has 0 heterocycles. The second-order valence-corrected chi connectivity index (χ2v) is 5.15. The largest absolute Gasteiger partial charge is 0.478 e. The number of benzene rings is 2. The molecule has 0 fully saturated rings. The predicted octanol–water partition coefficient (Wildman–Crippen LogP) is 3.64. The fourth-order valence-corrected chi connectivity index (χ4v) is 2.21. The molecule has 0 atom stereocenters. The molecule has 2 aromatic carbocycles. The highest BCUT2D eigenvalue weighted by atomic mass is 79.9. The van der Waals surface area contributed by atoms with Crippen LogP contribution in [-0.2, 0) is 0 Å². The predicted molar refractivity (Wildman–Crippen MR) is 80.0 cm³/mol. The Hall–Kier alpha value is -2.08. The van der Waals surface area contributed by atoms with E-state index in [1.165, 1.54) is 18.2 Å². The summed E-state index contributed by atoms with van der Waals surface area (Å²) < 4.78 is 14.6. The molecule has 0 bridgehead atoms. The maximum absolute atomic E-state index is 13.8. The van der Waals surface area contributed by atoms with Gasteiger partial charge < -0.3 is 15.7 Å². The minimum absolute atomic E-state index is 0.0920. The number of carboxylic acid groups (broad SMARTS) is 1. The van der Waals surface area contributed by atoms with Crippen LogP contribution in [-0.4, -0.2) is 18.1 Å². The van der Waals surface area contributed by atoms with Crippen molar-refractivity contribution >= 4 is 39.0 Å². The van der Waals surface area contributed by atoms with Gasteiger partial charge in [0.05, 0.1) is 22.6 Å². The molecule has 0 aliphatic heterocycles. The van der Waals surface area contributed by atoms with Gasteiger partial charge in [-0.2, -0.15) is 0 Å². The third kappa shape index (κ3) is 2.75. The Morgan fingerprint density at radius 3 is 2.55 bits per heavy atom. The number of nitrogen functional groups attached to an aromatic ring is 1. The Kier molecular flexibility index (Phi) is 3.94. The number of rotatable bonds is 3. The third-order valence-corrected chi connectivity index (χ3v) is 3.40. The Balaban J connectivity index is 2.45. The molecule has 104 valence electrons. The molecule has 3 N–H and O–H groups in total. The van der Waals surface area contributed by atoms with Crippen LogP contribution in [0.1, 0.15) is 10.4 Å². The molecule has 0 radical (unpaired) electrons. The van der Waals surface area contributed by atoms with Gasteiger partial charge in [-0.25, -0.2) is 9.18 Å². The first-order chi connectivity index (χ1) is 9.40. The molecule has 0 aliphatic carbocycles. The van der Waals surface area contributed by atoms with Crippen molar-refractivity contribution in [1.29, 1.82) is 0 Å². The molecule has 2 aromatic rings. The van der Waals surface area contributed by atoms with Crippen LogP contribution in [0.15, 0.2) is 40.9 Å². The fraction of sp³-hybridized carbons (Fsp3) is 0.0714. The Morgan fingerprint density at radius 1 is 1.25 bits per heavy atom. The number of carboxylic acids is 1. The number of carbonyl (C=O) groups is 1. The molecule has 0 saturated heterocycles. The first-order valence-corrected chi connectivity index (χ1v) is 6.51. The zero-order valence-corrected chi connectivity index (χ0v) is 12.2. The van der Waals surface area contributed by atoms with Crippen LogP contribution in [0.25, 0.3) is 0 Å². The van der Waals surface area contributed by atoms with Crippen LogP contribution in [0.4, 0.5) is 21.5 Å². The lowest BCUT2D eigenvalue weighted by Crippen LogP contribution is -2.14. The number of hydrogen-bond acceptors (Lipinski definition) is 3. The van der Waals surface area contributed by atoms with Crippen molar-refractivity contribution in [3.05, 3.63) is 52.3 Å². The molecule has 2 rings (SSSR count). The normalized spacial score (nSPS) is 10.3. The summed E-state index contributed by atoms with van der Waals surface area (Å²) in [5.41, 5.74) is 7.08. The van der Waals surface area contributed by atoms with E-state index >= 15 is 0 Å². The van der Waals surface area contributed by atoms with Gasteiger partial charge >= 0.3 is 5.97 Å². The number of nitrogens with two attached hydrogens (primary N) is 1. The van der Waals surface area contributed by atoms with Gasteiger partial charge in [0.25, 0.3) is 0 Å². The smallest absolute Gasteiger partial charge is 0.335 e. The first-order valence-electron chi connectivity index (χ1n) is 5.71. The summed E-state index contributed by atoms with van der Waals surface area (Å²) in [4.78, 5) is 12.4. The lowest BCUT2D eigenvalue weighted by Gasteiger charge is -2.22. The van der Waals surface area contributed by atoms with Gasteiger partial charge in [0, 0.05) is 11.5 Å². The lowest BCUT2D eigenvalue weighted by atomic mass is 10.1. The van der Waals surface area contributed by atoms with E-state index in [2.05, 4.69) is 15.9 Å². The van der Waals surface area contributed by atoms with Gasteiger partial charge in [0.2, 0.25) is 0 Å². The van der Waals surface area contributed by atoms with Crippen molar-refractivity contribution in [1.82, 2.24) is 0 Å². The molecule has 20 heavy (non-hydrogen) atoms. The molecule has 0 saturated carbocycles. The summed E-state index contributed by atoms with van der Waals surface area (Å²) in [6.45, 7) is 0. The monoisotopic (exact) mass is 338 g/mol. The van der Waals surface area contributed by atoms with Gasteiger partial charge in [-0.3, -0.25) is 0 Å². The summed E-state index contributed by atoms with van der Waals surface area (Å²) in [5, 5.41) is 8.90. The summed E-state index contributed by atoms with van der Waals surface area (Å²) in [7, 11) is 1.66. The summed E-state index contributed by atoms with van der Waals surface area (Å²) in [5.74, 6) is -1.45. The van der Waals surface area contributed by atoms with E-state index in [0.29, 0.717) is 11.4 Å². The lowest BCUT2D eigenvalue weighted by molar-refractivity contribution is 0.0697.